The van der Waals surface area contributed by atoms with E-state index in [1.807, 2.05) is 0 Å². The molecule has 1 fully saturated rings. The van der Waals surface area contributed by atoms with Gasteiger partial charge >= 0.3 is 5.97 Å². The summed E-state index contributed by atoms with van der Waals surface area (Å²) in [6.45, 7) is 6.58. The molecule has 40 heavy (non-hydrogen) atoms. The number of thiazole rings is 1. The van der Waals surface area contributed by atoms with E-state index in [4.69, 9.17) is 42.2 Å². The van der Waals surface area contributed by atoms with Gasteiger partial charge in [-0.1, -0.05) is 59.6 Å². The van der Waals surface area contributed by atoms with Crippen LogP contribution in [-0.4, -0.2) is 72.6 Å². The fraction of sp³-hybridized carbons (Fsp3) is 0.393. The van der Waals surface area contributed by atoms with Crippen molar-refractivity contribution in [2.75, 3.05) is 45.4 Å². The Morgan fingerprint density at radius 1 is 1.23 bits per heavy atom. The monoisotopic (exact) mass is 604 g/mol. The van der Waals surface area contributed by atoms with E-state index < -0.39 is 5.97 Å². The first-order valence-corrected chi connectivity index (χ1v) is 14.4. The molecule has 1 unspecified atom stereocenters. The summed E-state index contributed by atoms with van der Waals surface area (Å²) in [5.41, 5.74) is 3.30. The van der Waals surface area contributed by atoms with Crippen molar-refractivity contribution in [3.8, 4) is 17.0 Å². The van der Waals surface area contributed by atoms with Crippen LogP contribution in [0.1, 0.15) is 41.4 Å². The number of methoxy groups -OCH3 is 2. The van der Waals surface area contributed by atoms with Crippen LogP contribution in [-0.2, 0) is 11.3 Å². The molecule has 1 aliphatic rings. The number of rotatable bonds is 8. The highest BCUT2D eigenvalue weighted by Crippen LogP contribution is 2.40. The zero-order valence-electron chi connectivity index (χ0n) is 22.6. The third-order valence-corrected chi connectivity index (χ3v) is 8.71. The van der Waals surface area contributed by atoms with E-state index in [1.165, 1.54) is 18.4 Å². The molecule has 1 saturated heterocycles. The van der Waals surface area contributed by atoms with Gasteiger partial charge in [0.05, 0.1) is 47.2 Å². The van der Waals surface area contributed by atoms with E-state index in [0.29, 0.717) is 57.8 Å². The first-order chi connectivity index (χ1) is 19.2. The summed E-state index contributed by atoms with van der Waals surface area (Å²) in [7, 11) is 2.89. The fourth-order valence-corrected chi connectivity index (χ4v) is 6.74. The van der Waals surface area contributed by atoms with Gasteiger partial charge in [0.1, 0.15) is 22.7 Å². The minimum Gasteiger partial charge on any atom is -0.494 e. The Kier molecular flexibility index (Phi) is 8.53. The molecule has 4 aromatic rings. The van der Waals surface area contributed by atoms with Gasteiger partial charge in [-0.25, -0.2) is 9.78 Å². The number of aromatic nitrogens is 2. The average molecular weight is 606 g/mol. The number of esters is 1. The lowest BCUT2D eigenvalue weighted by Crippen LogP contribution is -2.54. The van der Waals surface area contributed by atoms with Gasteiger partial charge in [-0.3, -0.25) is 4.90 Å². The van der Waals surface area contributed by atoms with Crippen molar-refractivity contribution in [3.63, 3.8) is 0 Å². The summed E-state index contributed by atoms with van der Waals surface area (Å²) in [5, 5.41) is 16.6. The summed E-state index contributed by atoms with van der Waals surface area (Å²) in [4.78, 5) is 21.4. The van der Waals surface area contributed by atoms with Crippen LogP contribution in [0.5, 0.6) is 5.75 Å². The number of fused-ring (bicyclic) bond motifs is 1. The topological polar surface area (TPSA) is 101 Å². The van der Waals surface area contributed by atoms with E-state index in [-0.39, 0.29) is 18.6 Å². The molecule has 0 aliphatic carbocycles. The number of ether oxygens (including phenoxy) is 2. The van der Waals surface area contributed by atoms with Gasteiger partial charge < -0.3 is 24.0 Å². The minimum absolute atomic E-state index is 0.0547. The van der Waals surface area contributed by atoms with Crippen molar-refractivity contribution >= 4 is 55.9 Å². The Balaban J connectivity index is 1.42. The maximum absolute atomic E-state index is 12.1. The largest absolute Gasteiger partial charge is 0.494 e. The van der Waals surface area contributed by atoms with Crippen molar-refractivity contribution in [1.82, 2.24) is 15.0 Å². The highest BCUT2D eigenvalue weighted by atomic mass is 35.5. The fourth-order valence-electron chi connectivity index (χ4n) is 5.05. The second-order valence-electron chi connectivity index (χ2n) is 9.90. The maximum Gasteiger partial charge on any atom is 0.338 e. The number of hydrogen-bond donors (Lipinski definition) is 1. The van der Waals surface area contributed by atoms with Gasteiger partial charge in [0, 0.05) is 43.2 Å². The zero-order valence-corrected chi connectivity index (χ0v) is 24.9. The highest BCUT2D eigenvalue weighted by molar-refractivity contribution is 7.22. The van der Waals surface area contributed by atoms with Crippen molar-refractivity contribution < 1.29 is 23.9 Å². The molecule has 1 atom stereocenters. The van der Waals surface area contributed by atoms with Crippen molar-refractivity contribution in [1.29, 1.82) is 0 Å². The first kappa shape index (κ1) is 28.6. The molecule has 12 heteroatoms. The standard InChI is InChI=1S/C28H30Cl2N4O5S/c1-15(2)26-18(24(32-39-26)23-19(29)6-5-7-20(23)30)13-33-8-9-34(17(12-33)14-35)28-31-25-21(37-3)10-16(27(36)38-4)11-22(25)40-28/h5-7,10-11,15,17,35H,8-9,12-14H2,1-4H3. The first-order valence-electron chi connectivity index (χ1n) is 12.8. The second kappa shape index (κ2) is 11.9. The van der Waals surface area contributed by atoms with E-state index in [9.17, 15) is 9.90 Å². The van der Waals surface area contributed by atoms with Crippen LogP contribution >= 0.6 is 34.5 Å². The van der Waals surface area contributed by atoms with Crippen LogP contribution in [0.3, 0.4) is 0 Å². The molecular weight excluding hydrogens is 575 g/mol. The molecule has 0 saturated carbocycles. The Hall–Kier alpha value is -2.89. The van der Waals surface area contributed by atoms with Gasteiger partial charge in [-0.05, 0) is 24.3 Å². The molecule has 1 N–H and O–H groups in total. The number of piperazine rings is 1. The SMILES string of the molecule is COC(=O)c1cc(OC)c2nc(N3CCN(Cc4c(-c5c(Cl)cccc5Cl)noc4C(C)C)CC3CO)sc2c1. The van der Waals surface area contributed by atoms with Crippen LogP contribution in [0.15, 0.2) is 34.9 Å². The lowest BCUT2D eigenvalue weighted by molar-refractivity contribution is 0.0600. The molecule has 0 bridgehead atoms. The summed E-state index contributed by atoms with van der Waals surface area (Å²) in [6, 6.07) is 8.57. The third-order valence-electron chi connectivity index (χ3n) is 7.04. The predicted octanol–water partition coefficient (Wildman–Crippen LogP) is 5.86. The molecular formula is C28H30Cl2N4O5S. The molecule has 3 heterocycles. The molecule has 5 rings (SSSR count). The predicted molar refractivity (Wildman–Crippen MR) is 157 cm³/mol. The lowest BCUT2D eigenvalue weighted by Gasteiger charge is -2.40. The van der Waals surface area contributed by atoms with Gasteiger partial charge in [-0.2, -0.15) is 0 Å². The summed E-state index contributed by atoms with van der Waals surface area (Å²) in [6.07, 6.45) is 0. The Morgan fingerprint density at radius 2 is 1.98 bits per heavy atom. The number of carbonyl (C=O) groups excluding carboxylic acids is 1. The number of aliphatic hydroxyl groups excluding tert-OH is 1. The quantitative estimate of drug-likeness (QED) is 0.248. The smallest absolute Gasteiger partial charge is 0.338 e. The van der Waals surface area contributed by atoms with Crippen LogP contribution in [0.4, 0.5) is 5.13 Å². The molecule has 0 amide bonds. The van der Waals surface area contributed by atoms with Crippen LogP contribution < -0.4 is 9.64 Å². The number of nitrogens with zero attached hydrogens (tertiary/aromatic N) is 4. The highest BCUT2D eigenvalue weighted by Gasteiger charge is 2.32. The molecule has 0 spiro atoms. The Bertz CT molecular complexity index is 1520. The van der Waals surface area contributed by atoms with E-state index >= 15 is 0 Å². The van der Waals surface area contributed by atoms with Gasteiger partial charge in [0.2, 0.25) is 0 Å². The van der Waals surface area contributed by atoms with E-state index in [2.05, 4.69) is 28.8 Å². The number of aliphatic hydroxyl groups is 1. The molecule has 212 valence electrons. The summed E-state index contributed by atoms with van der Waals surface area (Å²) in [5.74, 6) is 0.955. The molecule has 2 aromatic carbocycles. The average Bonchev–Trinajstić information content (AvgIpc) is 3.56. The second-order valence-corrected chi connectivity index (χ2v) is 11.7. The zero-order chi connectivity index (χ0) is 28.6. The Morgan fingerprint density at radius 3 is 2.62 bits per heavy atom. The van der Waals surface area contributed by atoms with Gasteiger partial charge in [0.15, 0.2) is 5.13 Å². The van der Waals surface area contributed by atoms with Crippen LogP contribution in [0, 0.1) is 0 Å². The van der Waals surface area contributed by atoms with Crippen molar-refractivity contribution in [2.24, 2.45) is 0 Å². The molecule has 2 aromatic heterocycles. The lowest BCUT2D eigenvalue weighted by atomic mass is 9.99. The number of benzene rings is 2. The number of carbonyl (C=O) groups is 1. The van der Waals surface area contributed by atoms with Crippen molar-refractivity contribution in [2.45, 2.75) is 32.4 Å². The van der Waals surface area contributed by atoms with Gasteiger partial charge in [0.25, 0.3) is 0 Å². The normalized spacial score (nSPS) is 16.2. The van der Waals surface area contributed by atoms with Crippen molar-refractivity contribution in [3.05, 3.63) is 57.3 Å². The van der Waals surface area contributed by atoms with Crippen LogP contribution in [0.25, 0.3) is 21.5 Å². The number of halogens is 2. The maximum atomic E-state index is 12.1. The molecule has 1 aliphatic heterocycles. The van der Waals surface area contributed by atoms with E-state index in [0.717, 1.165) is 27.7 Å². The molecule has 0 radical (unpaired) electrons. The van der Waals surface area contributed by atoms with E-state index in [1.54, 1.807) is 37.4 Å². The summed E-state index contributed by atoms with van der Waals surface area (Å²) >= 11 is 14.5. The number of anilines is 1. The van der Waals surface area contributed by atoms with Crippen LogP contribution in [0.2, 0.25) is 10.0 Å². The minimum atomic E-state index is -0.441. The molecule has 9 nitrogen and oxygen atoms in total. The Labute approximate surface area is 246 Å². The van der Waals surface area contributed by atoms with Gasteiger partial charge in [-0.15, -0.1) is 0 Å². The summed E-state index contributed by atoms with van der Waals surface area (Å²) < 4.78 is 17.0. The third kappa shape index (κ3) is 5.38. The number of hydrogen-bond acceptors (Lipinski definition) is 10.